The summed E-state index contributed by atoms with van der Waals surface area (Å²) in [5.74, 6) is -0.302. The normalized spacial score (nSPS) is 10.6. The van der Waals surface area contributed by atoms with Crippen LogP contribution in [-0.2, 0) is 6.54 Å². The fraction of sp³-hybridized carbons (Fsp3) is 0.0667. The first-order valence-corrected chi connectivity index (χ1v) is 7.17. The van der Waals surface area contributed by atoms with E-state index >= 15 is 0 Å². The van der Waals surface area contributed by atoms with Gasteiger partial charge < -0.3 is 5.32 Å². The van der Waals surface area contributed by atoms with Crippen molar-refractivity contribution in [3.63, 3.8) is 0 Å². The molecule has 1 heterocycles. The quantitative estimate of drug-likeness (QED) is 0.751. The number of rotatable bonds is 4. The monoisotopic (exact) mass is 346 g/mol. The third-order valence-electron chi connectivity index (χ3n) is 3.05. The van der Waals surface area contributed by atoms with Crippen molar-refractivity contribution in [1.29, 1.82) is 0 Å². The molecule has 0 saturated carbocycles. The molecule has 106 valence electrons. The van der Waals surface area contributed by atoms with Gasteiger partial charge in [0, 0.05) is 11.3 Å². The molecule has 6 heteroatoms. The highest BCUT2D eigenvalue weighted by atomic mass is 79.9. The van der Waals surface area contributed by atoms with Gasteiger partial charge in [-0.25, -0.2) is 4.39 Å². The van der Waals surface area contributed by atoms with Crippen LogP contribution in [0.3, 0.4) is 0 Å². The second-order valence-corrected chi connectivity index (χ2v) is 5.32. The summed E-state index contributed by atoms with van der Waals surface area (Å²) in [6, 6.07) is 14.7. The molecule has 4 nitrogen and oxygen atoms in total. The number of benzene rings is 2. The van der Waals surface area contributed by atoms with Crippen LogP contribution in [0.2, 0.25) is 0 Å². The average Bonchev–Trinajstić information content (AvgIpc) is 2.98. The highest BCUT2D eigenvalue weighted by molar-refractivity contribution is 9.10. The summed E-state index contributed by atoms with van der Waals surface area (Å²) in [7, 11) is 0. The van der Waals surface area contributed by atoms with Crippen molar-refractivity contribution >= 4 is 21.6 Å². The van der Waals surface area contributed by atoms with Crippen molar-refractivity contribution in [2.75, 3.05) is 5.32 Å². The third kappa shape index (κ3) is 3.11. The van der Waals surface area contributed by atoms with E-state index in [1.807, 2.05) is 30.3 Å². The first-order chi connectivity index (χ1) is 10.2. The van der Waals surface area contributed by atoms with Crippen LogP contribution in [0.1, 0.15) is 5.69 Å². The summed E-state index contributed by atoms with van der Waals surface area (Å²) in [6.07, 6.45) is 0. The molecule has 0 aliphatic carbocycles. The Morgan fingerprint density at radius 3 is 2.67 bits per heavy atom. The second-order valence-electron chi connectivity index (χ2n) is 4.47. The lowest BCUT2D eigenvalue weighted by Crippen LogP contribution is -2.02. The number of nitrogens with zero attached hydrogens (tertiary/aromatic N) is 2. The van der Waals surface area contributed by atoms with E-state index in [2.05, 4.69) is 36.7 Å². The third-order valence-corrected chi connectivity index (χ3v) is 3.69. The first-order valence-electron chi connectivity index (χ1n) is 6.38. The van der Waals surface area contributed by atoms with Gasteiger partial charge in [-0.3, -0.25) is 0 Å². The molecule has 0 bridgehead atoms. The maximum Gasteiger partial charge on any atom is 0.139 e. The lowest BCUT2D eigenvalue weighted by molar-refractivity contribution is 0.621. The molecule has 21 heavy (non-hydrogen) atoms. The van der Waals surface area contributed by atoms with Gasteiger partial charge in [-0.1, -0.05) is 30.3 Å². The molecule has 0 aliphatic rings. The molecule has 1 aromatic heterocycles. The highest BCUT2D eigenvalue weighted by Gasteiger charge is 2.10. The van der Waals surface area contributed by atoms with Crippen LogP contribution in [0, 0.1) is 5.82 Å². The van der Waals surface area contributed by atoms with Crippen LogP contribution in [0.5, 0.6) is 0 Å². The summed E-state index contributed by atoms with van der Waals surface area (Å²) in [5, 5.41) is 14.1. The molecule has 0 radical (unpaired) electrons. The van der Waals surface area contributed by atoms with Crippen LogP contribution >= 0.6 is 15.9 Å². The van der Waals surface area contributed by atoms with E-state index in [9.17, 15) is 4.39 Å². The minimum atomic E-state index is -0.302. The minimum absolute atomic E-state index is 0.302. The zero-order valence-electron chi connectivity index (χ0n) is 11.0. The van der Waals surface area contributed by atoms with E-state index in [0.717, 1.165) is 17.0 Å². The van der Waals surface area contributed by atoms with Gasteiger partial charge in [-0.15, -0.1) is 0 Å². The van der Waals surface area contributed by atoms with Crippen molar-refractivity contribution in [2.45, 2.75) is 6.54 Å². The summed E-state index contributed by atoms with van der Waals surface area (Å²) in [5.41, 5.74) is 3.26. The van der Waals surface area contributed by atoms with Crippen molar-refractivity contribution in [3.05, 3.63) is 64.5 Å². The summed E-state index contributed by atoms with van der Waals surface area (Å²) in [4.78, 5) is 0. The van der Waals surface area contributed by atoms with Gasteiger partial charge in [-0.05, 0) is 34.1 Å². The number of hydrogen-bond acceptors (Lipinski definition) is 3. The molecule has 0 saturated heterocycles. The number of aromatic nitrogens is 3. The van der Waals surface area contributed by atoms with Crippen LogP contribution in [0.15, 0.2) is 53.0 Å². The fourth-order valence-corrected chi connectivity index (χ4v) is 2.24. The number of anilines is 1. The number of aromatic amines is 1. The van der Waals surface area contributed by atoms with Gasteiger partial charge in [0.2, 0.25) is 0 Å². The Morgan fingerprint density at radius 2 is 1.90 bits per heavy atom. The maximum atomic E-state index is 13.5. The van der Waals surface area contributed by atoms with E-state index in [1.54, 1.807) is 12.1 Å². The number of nitrogens with one attached hydrogen (secondary N) is 2. The topological polar surface area (TPSA) is 53.6 Å². The predicted octanol–water partition coefficient (Wildman–Crippen LogP) is 3.99. The van der Waals surface area contributed by atoms with Gasteiger partial charge >= 0.3 is 0 Å². The molecule has 0 atom stereocenters. The summed E-state index contributed by atoms with van der Waals surface area (Å²) in [6.45, 7) is 0.460. The molecular formula is C15H12BrFN4. The van der Waals surface area contributed by atoms with E-state index < -0.39 is 0 Å². The molecule has 0 spiro atoms. The average molecular weight is 347 g/mol. The zero-order chi connectivity index (χ0) is 14.7. The molecule has 0 unspecified atom stereocenters. The molecule has 3 aromatic rings. The van der Waals surface area contributed by atoms with E-state index in [1.165, 1.54) is 6.07 Å². The fourth-order valence-electron chi connectivity index (χ4n) is 2.00. The molecule has 2 aromatic carbocycles. The van der Waals surface area contributed by atoms with Crippen LogP contribution in [0.4, 0.5) is 10.1 Å². The van der Waals surface area contributed by atoms with Gasteiger partial charge in [0.05, 0.1) is 11.0 Å². The van der Waals surface area contributed by atoms with Gasteiger partial charge in [-0.2, -0.15) is 15.4 Å². The zero-order valence-corrected chi connectivity index (χ0v) is 12.6. The van der Waals surface area contributed by atoms with Gasteiger partial charge in [0.1, 0.15) is 17.2 Å². The number of hydrogen-bond donors (Lipinski definition) is 2. The van der Waals surface area contributed by atoms with E-state index in [-0.39, 0.29) is 5.82 Å². The van der Waals surface area contributed by atoms with Crippen molar-refractivity contribution in [1.82, 2.24) is 15.4 Å². The lowest BCUT2D eigenvalue weighted by atomic mass is 10.1. The van der Waals surface area contributed by atoms with Crippen molar-refractivity contribution in [2.24, 2.45) is 0 Å². The van der Waals surface area contributed by atoms with Gasteiger partial charge in [0.25, 0.3) is 0 Å². The molecule has 3 rings (SSSR count). The SMILES string of the molecule is Fc1cc(NCc2n[nH]nc2-c2ccccc2)ccc1Br. The Balaban J connectivity index is 1.77. The Morgan fingerprint density at radius 1 is 1.10 bits per heavy atom. The predicted molar refractivity (Wildman–Crippen MR) is 83.2 cm³/mol. The van der Waals surface area contributed by atoms with E-state index in [0.29, 0.717) is 16.7 Å². The maximum absolute atomic E-state index is 13.5. The Bertz CT molecular complexity index is 742. The molecule has 2 N–H and O–H groups in total. The first kappa shape index (κ1) is 13.8. The molecule has 0 aliphatic heterocycles. The standard InChI is InChI=1S/C15H12BrFN4/c16-12-7-6-11(8-13(12)17)18-9-14-15(20-21-19-14)10-4-2-1-3-5-10/h1-8,18H,9H2,(H,19,20,21). The van der Waals surface area contributed by atoms with Crippen LogP contribution in [-0.4, -0.2) is 15.4 Å². The van der Waals surface area contributed by atoms with E-state index in [4.69, 9.17) is 0 Å². The van der Waals surface area contributed by atoms with Crippen molar-refractivity contribution in [3.8, 4) is 11.3 Å². The summed E-state index contributed by atoms with van der Waals surface area (Å²) < 4.78 is 13.9. The minimum Gasteiger partial charge on any atom is -0.379 e. The molecule has 0 fully saturated rings. The second kappa shape index (κ2) is 6.05. The Hall–Kier alpha value is -2.21. The lowest BCUT2D eigenvalue weighted by Gasteiger charge is -2.06. The van der Waals surface area contributed by atoms with Gasteiger partial charge in [0.15, 0.2) is 0 Å². The Labute approximate surface area is 129 Å². The molecule has 0 amide bonds. The summed E-state index contributed by atoms with van der Waals surface area (Å²) >= 11 is 3.13. The smallest absolute Gasteiger partial charge is 0.139 e. The van der Waals surface area contributed by atoms with Crippen LogP contribution in [0.25, 0.3) is 11.3 Å². The number of H-pyrrole nitrogens is 1. The van der Waals surface area contributed by atoms with Crippen molar-refractivity contribution < 1.29 is 4.39 Å². The molecular weight excluding hydrogens is 335 g/mol. The Kier molecular flexibility index (Phi) is 3.96. The number of halogens is 2. The van der Waals surface area contributed by atoms with Crippen LogP contribution < -0.4 is 5.32 Å². The largest absolute Gasteiger partial charge is 0.379 e. The highest BCUT2D eigenvalue weighted by Crippen LogP contribution is 2.22.